The molecule has 1 aromatic rings. The zero-order chi connectivity index (χ0) is 8.97. The van der Waals surface area contributed by atoms with Crippen molar-refractivity contribution in [1.29, 1.82) is 0 Å². The first-order valence-electron chi connectivity index (χ1n) is 4.55. The monoisotopic (exact) mass is 168 g/mol. The molecule has 1 heterocycles. The summed E-state index contributed by atoms with van der Waals surface area (Å²) in [5.74, 6) is 0. The smallest absolute Gasteiger partial charge is 0.264 e. The molecular formula is C9H16N2O. The highest BCUT2D eigenvalue weighted by Crippen LogP contribution is 2.14. The Bertz CT molecular complexity index is 274. The third-order valence-electron chi connectivity index (χ3n) is 2.11. The topological polar surface area (TPSA) is 37.8 Å². The van der Waals surface area contributed by atoms with Crippen LogP contribution in [-0.2, 0) is 0 Å². The van der Waals surface area contributed by atoms with Crippen molar-refractivity contribution in [3.05, 3.63) is 22.6 Å². The van der Waals surface area contributed by atoms with E-state index in [2.05, 4.69) is 18.9 Å². The first-order chi connectivity index (χ1) is 5.77. The summed E-state index contributed by atoms with van der Waals surface area (Å²) in [5, 5.41) is 2.77. The maximum Gasteiger partial charge on any atom is 0.264 e. The molecule has 12 heavy (non-hydrogen) atoms. The lowest BCUT2D eigenvalue weighted by molar-refractivity contribution is 0.407. The molecule has 3 heteroatoms. The van der Waals surface area contributed by atoms with Crippen LogP contribution >= 0.6 is 0 Å². The fraction of sp³-hybridized carbons (Fsp3) is 0.667. The Kier molecular flexibility index (Phi) is 3.14. The molecule has 1 aromatic heterocycles. The SMILES string of the molecule is CCCC(CC)n1ccc(=O)[nH]1. The van der Waals surface area contributed by atoms with E-state index in [1.165, 1.54) is 0 Å². The third-order valence-corrected chi connectivity index (χ3v) is 2.11. The Balaban J connectivity index is 2.72. The highest BCUT2D eigenvalue weighted by molar-refractivity contribution is 4.82. The van der Waals surface area contributed by atoms with Gasteiger partial charge in [-0.25, -0.2) is 0 Å². The molecule has 0 spiro atoms. The highest BCUT2D eigenvalue weighted by Gasteiger charge is 2.06. The van der Waals surface area contributed by atoms with Crippen LogP contribution in [0.5, 0.6) is 0 Å². The minimum atomic E-state index is -0.00967. The number of rotatable bonds is 4. The van der Waals surface area contributed by atoms with Crippen LogP contribution in [0.2, 0.25) is 0 Å². The Labute approximate surface area is 72.4 Å². The van der Waals surface area contributed by atoms with Crippen molar-refractivity contribution in [1.82, 2.24) is 9.78 Å². The predicted molar refractivity (Wildman–Crippen MR) is 49.3 cm³/mol. The number of nitrogens with one attached hydrogen (secondary N) is 1. The van der Waals surface area contributed by atoms with Crippen molar-refractivity contribution in [2.45, 2.75) is 39.2 Å². The van der Waals surface area contributed by atoms with Gasteiger partial charge in [0, 0.05) is 18.3 Å². The molecule has 0 fully saturated rings. The van der Waals surface area contributed by atoms with Gasteiger partial charge in [-0.2, -0.15) is 0 Å². The first-order valence-corrected chi connectivity index (χ1v) is 4.55. The van der Waals surface area contributed by atoms with Crippen LogP contribution in [0.4, 0.5) is 0 Å². The summed E-state index contributed by atoms with van der Waals surface area (Å²) in [6.07, 6.45) is 5.17. The molecule has 0 bridgehead atoms. The number of aromatic nitrogens is 2. The molecule has 0 aromatic carbocycles. The second-order valence-corrected chi connectivity index (χ2v) is 3.05. The molecule has 0 aliphatic heterocycles. The summed E-state index contributed by atoms with van der Waals surface area (Å²) in [7, 11) is 0. The summed E-state index contributed by atoms with van der Waals surface area (Å²) >= 11 is 0. The molecule has 0 aliphatic carbocycles. The van der Waals surface area contributed by atoms with E-state index < -0.39 is 0 Å². The van der Waals surface area contributed by atoms with E-state index >= 15 is 0 Å². The lowest BCUT2D eigenvalue weighted by Crippen LogP contribution is -2.11. The Morgan fingerprint density at radius 1 is 1.58 bits per heavy atom. The minimum absolute atomic E-state index is 0.00967. The predicted octanol–water partition coefficient (Wildman–Crippen LogP) is 1.93. The van der Waals surface area contributed by atoms with Crippen molar-refractivity contribution in [3.8, 4) is 0 Å². The van der Waals surface area contributed by atoms with Crippen molar-refractivity contribution in [2.24, 2.45) is 0 Å². The second kappa shape index (κ2) is 4.14. The van der Waals surface area contributed by atoms with E-state index in [9.17, 15) is 4.79 Å². The summed E-state index contributed by atoms with van der Waals surface area (Å²) in [5.41, 5.74) is -0.00967. The Hall–Kier alpha value is -0.990. The fourth-order valence-corrected chi connectivity index (χ4v) is 1.44. The second-order valence-electron chi connectivity index (χ2n) is 3.05. The average molecular weight is 168 g/mol. The quantitative estimate of drug-likeness (QED) is 0.732. The van der Waals surface area contributed by atoms with Crippen LogP contribution < -0.4 is 5.56 Å². The van der Waals surface area contributed by atoms with E-state index in [0.29, 0.717) is 6.04 Å². The van der Waals surface area contributed by atoms with Crippen LogP contribution in [-0.4, -0.2) is 9.78 Å². The van der Waals surface area contributed by atoms with E-state index in [0.717, 1.165) is 19.3 Å². The zero-order valence-electron chi connectivity index (χ0n) is 7.71. The maximum absolute atomic E-state index is 10.8. The number of aromatic amines is 1. The van der Waals surface area contributed by atoms with Crippen LogP contribution in [0.3, 0.4) is 0 Å². The van der Waals surface area contributed by atoms with Crippen molar-refractivity contribution in [2.75, 3.05) is 0 Å². The molecule has 1 N–H and O–H groups in total. The largest absolute Gasteiger partial charge is 0.289 e. The van der Waals surface area contributed by atoms with E-state index in [1.807, 2.05) is 10.9 Å². The van der Waals surface area contributed by atoms with Crippen molar-refractivity contribution >= 4 is 0 Å². The van der Waals surface area contributed by atoms with Gasteiger partial charge in [-0.1, -0.05) is 20.3 Å². The Morgan fingerprint density at radius 3 is 2.75 bits per heavy atom. The molecule has 0 saturated carbocycles. The standard InChI is InChI=1S/C9H16N2O/c1-3-5-8(4-2)11-7-6-9(12)10-11/h6-8H,3-5H2,1-2H3,(H,10,12). The normalized spacial score (nSPS) is 13.2. The molecule has 0 amide bonds. The van der Waals surface area contributed by atoms with Crippen molar-refractivity contribution < 1.29 is 0 Å². The molecule has 1 atom stereocenters. The number of hydrogen-bond donors (Lipinski definition) is 1. The van der Waals surface area contributed by atoms with Gasteiger partial charge in [-0.05, 0) is 12.8 Å². The lowest BCUT2D eigenvalue weighted by Gasteiger charge is -2.14. The van der Waals surface area contributed by atoms with Gasteiger partial charge in [0.2, 0.25) is 0 Å². The minimum Gasteiger partial charge on any atom is -0.289 e. The van der Waals surface area contributed by atoms with Gasteiger partial charge in [0.25, 0.3) is 5.56 Å². The molecule has 1 rings (SSSR count). The third kappa shape index (κ3) is 2.00. The summed E-state index contributed by atoms with van der Waals surface area (Å²) in [6.45, 7) is 4.29. The summed E-state index contributed by atoms with van der Waals surface area (Å²) in [6, 6.07) is 2.02. The van der Waals surface area contributed by atoms with Crippen LogP contribution in [0.1, 0.15) is 39.2 Å². The molecule has 68 valence electrons. The molecule has 0 radical (unpaired) electrons. The first kappa shape index (κ1) is 9.10. The lowest BCUT2D eigenvalue weighted by atomic mass is 10.1. The van der Waals surface area contributed by atoms with Gasteiger partial charge in [-0.15, -0.1) is 0 Å². The average Bonchev–Trinajstić information content (AvgIpc) is 2.47. The summed E-state index contributed by atoms with van der Waals surface area (Å²) < 4.78 is 1.91. The van der Waals surface area contributed by atoms with Gasteiger partial charge in [0.05, 0.1) is 0 Å². The molecule has 3 nitrogen and oxygen atoms in total. The van der Waals surface area contributed by atoms with E-state index in [-0.39, 0.29) is 5.56 Å². The molecular weight excluding hydrogens is 152 g/mol. The van der Waals surface area contributed by atoms with Crippen LogP contribution in [0.15, 0.2) is 17.1 Å². The summed E-state index contributed by atoms with van der Waals surface area (Å²) in [4.78, 5) is 10.8. The molecule has 0 saturated heterocycles. The maximum atomic E-state index is 10.8. The van der Waals surface area contributed by atoms with Gasteiger partial charge in [0.1, 0.15) is 0 Å². The highest BCUT2D eigenvalue weighted by atomic mass is 16.1. The number of hydrogen-bond acceptors (Lipinski definition) is 1. The van der Waals surface area contributed by atoms with E-state index in [1.54, 1.807) is 6.07 Å². The van der Waals surface area contributed by atoms with Crippen molar-refractivity contribution in [3.63, 3.8) is 0 Å². The van der Waals surface area contributed by atoms with Crippen LogP contribution in [0.25, 0.3) is 0 Å². The van der Waals surface area contributed by atoms with Gasteiger partial charge in [-0.3, -0.25) is 14.6 Å². The number of H-pyrrole nitrogens is 1. The van der Waals surface area contributed by atoms with Gasteiger partial charge in [0.15, 0.2) is 0 Å². The zero-order valence-corrected chi connectivity index (χ0v) is 7.71. The van der Waals surface area contributed by atoms with Gasteiger partial charge >= 0.3 is 0 Å². The molecule has 1 unspecified atom stereocenters. The van der Waals surface area contributed by atoms with Gasteiger partial charge < -0.3 is 0 Å². The van der Waals surface area contributed by atoms with Crippen LogP contribution in [0, 0.1) is 0 Å². The fourth-order valence-electron chi connectivity index (χ4n) is 1.44. The number of nitrogens with zero attached hydrogens (tertiary/aromatic N) is 1. The van der Waals surface area contributed by atoms with E-state index in [4.69, 9.17) is 0 Å². The molecule has 0 aliphatic rings. The Morgan fingerprint density at radius 2 is 2.33 bits per heavy atom.